The van der Waals surface area contributed by atoms with Crippen LogP contribution in [0, 0.1) is 11.6 Å². The molecule has 2 saturated carbocycles. The van der Waals surface area contributed by atoms with Crippen molar-refractivity contribution in [1.82, 2.24) is 0 Å². The summed E-state index contributed by atoms with van der Waals surface area (Å²) in [5.74, 6) is 0.0486. The van der Waals surface area contributed by atoms with Gasteiger partial charge in [0.1, 0.15) is 34.3 Å². The van der Waals surface area contributed by atoms with E-state index in [1.807, 2.05) is 25.2 Å². The Bertz CT molecular complexity index is 3470. The number of Topliss-reactive ketones (excluding diaryl/α,β-unsaturated/α-hetero) is 2. The molecule has 0 radical (unpaired) electrons. The van der Waals surface area contributed by atoms with Crippen LogP contribution in [0.5, 0.6) is 0 Å². The topological polar surface area (TPSA) is 231 Å². The summed E-state index contributed by atoms with van der Waals surface area (Å²) in [6.07, 6.45) is 8.33. The monoisotopic (exact) mass is 1270 g/mol. The highest BCUT2D eigenvalue weighted by atomic mass is 32.2. The number of furan rings is 2. The van der Waals surface area contributed by atoms with Gasteiger partial charge in [-0.25, -0.2) is 25.6 Å². The molecule has 8 rings (SSSR count). The minimum absolute atomic E-state index is 0.0390. The predicted molar refractivity (Wildman–Crippen MR) is 336 cm³/mol. The smallest absolute Gasteiger partial charge is 0.232 e. The number of carbonyl (C=O) groups excluding carboxylic acids is 2. The van der Waals surface area contributed by atoms with Crippen LogP contribution in [0.15, 0.2) is 81.6 Å². The van der Waals surface area contributed by atoms with E-state index in [0.717, 1.165) is 55.9 Å². The second kappa shape index (κ2) is 31.3. The van der Waals surface area contributed by atoms with Gasteiger partial charge in [-0.2, -0.15) is 0 Å². The first-order valence-electron chi connectivity index (χ1n) is 29.9. The van der Waals surface area contributed by atoms with Gasteiger partial charge in [0.25, 0.3) is 0 Å². The number of rotatable bonds is 37. The zero-order valence-electron chi connectivity index (χ0n) is 51.4. The Labute approximate surface area is 511 Å². The lowest BCUT2D eigenvalue weighted by Crippen LogP contribution is -2.39. The molecule has 2 heterocycles. The van der Waals surface area contributed by atoms with Gasteiger partial charge in [0.05, 0.1) is 127 Å². The molecule has 6 aromatic rings. The number of fused-ring (bicyclic) bond motifs is 2. The summed E-state index contributed by atoms with van der Waals surface area (Å²) in [6, 6.07) is 18.7. The largest absolute Gasteiger partial charge is 0.455 e. The van der Waals surface area contributed by atoms with Gasteiger partial charge in [-0.3, -0.25) is 18.2 Å². The average Bonchev–Trinajstić information content (AvgIpc) is 1.68. The number of sulfonamides is 2. The summed E-state index contributed by atoms with van der Waals surface area (Å²) >= 11 is 0. The average molecular weight is 1270 g/mol. The lowest BCUT2D eigenvalue weighted by molar-refractivity contribution is 0.00897. The van der Waals surface area contributed by atoms with Gasteiger partial charge >= 0.3 is 0 Å². The number of halogens is 2. The maximum absolute atomic E-state index is 13.7. The number of hydrogen-bond donors (Lipinski definition) is 2. The van der Waals surface area contributed by atoms with Crippen LogP contribution in [0.4, 0.5) is 20.2 Å². The number of carbonyl (C=O) groups is 2. The second-order valence-corrected chi connectivity index (χ2v) is 31.4. The molecule has 0 aliphatic heterocycles. The highest BCUT2D eigenvalue weighted by Crippen LogP contribution is 2.50. The Kier molecular flexibility index (Phi) is 24.9. The van der Waals surface area contributed by atoms with Crippen molar-refractivity contribution in [3.63, 3.8) is 0 Å². The Balaban J connectivity index is 0.000000252. The fourth-order valence-electron chi connectivity index (χ4n) is 9.98. The van der Waals surface area contributed by atoms with E-state index in [1.54, 1.807) is 50.2 Å². The molecule has 2 aromatic heterocycles. The molecule has 87 heavy (non-hydrogen) atoms. The number of ether oxygens (including phenoxy) is 6. The number of nitrogens with zero attached hydrogens (tertiary/aromatic N) is 2. The first-order chi connectivity index (χ1) is 41.4. The van der Waals surface area contributed by atoms with E-state index in [1.165, 1.54) is 39.1 Å². The Hall–Kier alpha value is -5.44. The molecule has 0 amide bonds. The molecule has 18 nitrogen and oxygen atoms in total. The van der Waals surface area contributed by atoms with Gasteiger partial charge in [-0.05, 0) is 140 Å². The molecule has 2 aliphatic rings. The SMILES string of the molecule is CCC(=O)c1c(-c2ccc(F)cc2)oc2cc(N(CCOCCOCCOCCCC(C)(C)[Si](C)(C)O)S(C)(=O)=O)c(C3CC3)cc12.CCC(=O)c1c(-c2ccc(F)cc2)oc2cc(N(CCOCCOCCOCCO)S(C)(=O)=O)c(C3CC3)cc12. The first-order valence-corrected chi connectivity index (χ1v) is 36.6. The third-order valence-corrected chi connectivity index (χ3v) is 21.7. The first kappa shape index (κ1) is 69.0. The zero-order valence-corrected chi connectivity index (χ0v) is 54.1. The number of aliphatic hydroxyl groups is 1. The summed E-state index contributed by atoms with van der Waals surface area (Å²) in [6.45, 7) is 16.0. The second-order valence-electron chi connectivity index (χ2n) is 23.2. The van der Waals surface area contributed by atoms with Gasteiger partial charge in [-0.1, -0.05) is 27.7 Å². The third kappa shape index (κ3) is 19.0. The van der Waals surface area contributed by atoms with Crippen LogP contribution in [0.3, 0.4) is 0 Å². The lowest BCUT2D eigenvalue weighted by Gasteiger charge is -2.35. The zero-order chi connectivity index (χ0) is 63.1. The Morgan fingerprint density at radius 1 is 0.575 bits per heavy atom. The number of hydrogen-bond acceptors (Lipinski definition) is 16. The predicted octanol–water partition coefficient (Wildman–Crippen LogP) is 11.8. The quantitative estimate of drug-likeness (QED) is 0.0210. The van der Waals surface area contributed by atoms with E-state index in [9.17, 15) is 40.0 Å². The van der Waals surface area contributed by atoms with Gasteiger partial charge in [0, 0.05) is 53.5 Å². The number of aliphatic hydroxyl groups excluding tert-OH is 1. The van der Waals surface area contributed by atoms with Crippen LogP contribution in [-0.4, -0.2) is 158 Å². The molecule has 478 valence electrons. The van der Waals surface area contributed by atoms with E-state index in [4.69, 9.17) is 42.4 Å². The van der Waals surface area contributed by atoms with Gasteiger partial charge in [-0.15, -0.1) is 0 Å². The van der Waals surface area contributed by atoms with Crippen LogP contribution < -0.4 is 8.61 Å². The van der Waals surface area contributed by atoms with E-state index in [2.05, 4.69) is 13.8 Å². The molecule has 0 saturated heterocycles. The normalized spacial score (nSPS) is 14.0. The Morgan fingerprint density at radius 3 is 1.24 bits per heavy atom. The van der Waals surface area contributed by atoms with Crippen molar-refractivity contribution in [2.24, 2.45) is 0 Å². The van der Waals surface area contributed by atoms with Crippen LogP contribution in [0.1, 0.15) is 123 Å². The molecular formula is C64H86F2N2O16S2Si. The molecule has 0 unspecified atom stereocenters. The van der Waals surface area contributed by atoms with Gasteiger partial charge < -0.3 is 47.2 Å². The fourth-order valence-corrected chi connectivity index (χ4v) is 12.6. The molecule has 2 N–H and O–H groups in total. The van der Waals surface area contributed by atoms with E-state index in [-0.39, 0.29) is 87.4 Å². The maximum Gasteiger partial charge on any atom is 0.232 e. The van der Waals surface area contributed by atoms with E-state index in [0.29, 0.717) is 120 Å². The standard InChI is InChI=1S/C35H50FNO8SSi.C29H36FNO8S/c1-7-31(38)33-29-23-28(25-9-10-25)30(24-32(29)45-34(33)26-11-13-27(36)14-12-26)37(46(4,39)40)16-18-43-20-22-44-21-19-42-17-8-15-35(2,3)47(5,6)41;1-3-26(33)28-24-18-23(20-4-5-20)25(19-27(24)39-29(28)21-6-8-22(30)9-7-21)31(40(2,34)35)10-12-36-14-16-38-17-15-37-13-11-32/h11-14,23-25,41H,7-10,15-22H2,1-6H3;6-9,18-20,32H,3-5,10-17H2,1-2H3. The number of benzene rings is 4. The number of anilines is 2. The third-order valence-electron chi connectivity index (χ3n) is 15.8. The summed E-state index contributed by atoms with van der Waals surface area (Å²) < 4.78 is 127. The van der Waals surface area contributed by atoms with Crippen molar-refractivity contribution >= 4 is 73.2 Å². The fraction of sp³-hybridized carbons (Fsp3) is 0.531. The summed E-state index contributed by atoms with van der Waals surface area (Å²) in [7, 11) is -9.57. The minimum Gasteiger partial charge on any atom is -0.455 e. The van der Waals surface area contributed by atoms with Crippen molar-refractivity contribution in [2.45, 2.75) is 109 Å². The van der Waals surface area contributed by atoms with Crippen LogP contribution in [-0.2, 0) is 48.5 Å². The highest BCUT2D eigenvalue weighted by molar-refractivity contribution is 7.92. The number of ketones is 2. The molecular weight excluding hydrogens is 1180 g/mol. The highest BCUT2D eigenvalue weighted by Gasteiger charge is 2.38. The molecule has 0 atom stereocenters. The molecule has 4 aromatic carbocycles. The molecule has 0 bridgehead atoms. The van der Waals surface area contributed by atoms with Crippen LogP contribution in [0.2, 0.25) is 18.1 Å². The van der Waals surface area contributed by atoms with Crippen molar-refractivity contribution in [3.05, 3.63) is 107 Å². The summed E-state index contributed by atoms with van der Waals surface area (Å²) in [5.41, 5.74) is 5.51. The molecule has 2 aliphatic carbocycles. The minimum atomic E-state index is -3.68. The summed E-state index contributed by atoms with van der Waals surface area (Å²) in [5, 5.41) is 9.89. The van der Waals surface area contributed by atoms with Crippen LogP contribution >= 0.6 is 0 Å². The van der Waals surface area contributed by atoms with Gasteiger partial charge in [0.2, 0.25) is 20.0 Å². The lowest BCUT2D eigenvalue weighted by atomic mass is 9.97. The molecule has 0 spiro atoms. The maximum atomic E-state index is 13.7. The summed E-state index contributed by atoms with van der Waals surface area (Å²) in [4.78, 5) is 36.6. The van der Waals surface area contributed by atoms with Crippen molar-refractivity contribution < 1.29 is 82.4 Å². The van der Waals surface area contributed by atoms with E-state index < -0.39 is 40.0 Å². The van der Waals surface area contributed by atoms with Crippen LogP contribution in [0.25, 0.3) is 44.6 Å². The molecule has 23 heteroatoms. The van der Waals surface area contributed by atoms with Gasteiger partial charge in [0.15, 0.2) is 19.9 Å². The molecule has 2 fully saturated rings. The van der Waals surface area contributed by atoms with Crippen molar-refractivity contribution in [1.29, 1.82) is 0 Å². The van der Waals surface area contributed by atoms with E-state index >= 15 is 0 Å². The van der Waals surface area contributed by atoms with Crippen molar-refractivity contribution in [3.8, 4) is 22.6 Å². The Morgan fingerprint density at radius 2 is 0.920 bits per heavy atom. The van der Waals surface area contributed by atoms with Crippen molar-refractivity contribution in [2.75, 3.05) is 120 Å².